The Morgan fingerprint density at radius 1 is 1.10 bits per heavy atom. The van der Waals surface area contributed by atoms with Crippen molar-refractivity contribution in [3.8, 4) is 34.2 Å². The summed E-state index contributed by atoms with van der Waals surface area (Å²) in [5.41, 5.74) is 4.13. The summed E-state index contributed by atoms with van der Waals surface area (Å²) in [7, 11) is 0.795. The lowest BCUT2D eigenvalue weighted by Crippen LogP contribution is -2.03. The van der Waals surface area contributed by atoms with Crippen molar-refractivity contribution >= 4 is 22.6 Å². The van der Waals surface area contributed by atoms with Gasteiger partial charge in [0.05, 0.1) is 18.4 Å². The maximum atomic E-state index is 11.8. The Bertz CT molecular complexity index is 1030. The minimum absolute atomic E-state index is 0.556. The molecule has 29 heavy (non-hydrogen) atoms. The Labute approximate surface area is 178 Å². The van der Waals surface area contributed by atoms with Gasteiger partial charge in [0, 0.05) is 39.2 Å². The smallest absolute Gasteiger partial charge is 0.118 e. The molecule has 1 aromatic heterocycles. The van der Waals surface area contributed by atoms with Crippen LogP contribution in [-0.2, 0) is 10.8 Å². The number of hydrogen-bond donors (Lipinski definition) is 0. The molecule has 0 fully saturated rings. The van der Waals surface area contributed by atoms with Gasteiger partial charge in [-0.05, 0) is 35.9 Å². The summed E-state index contributed by atoms with van der Waals surface area (Å²) >= 11 is 1.49. The van der Waals surface area contributed by atoms with E-state index in [1.807, 2.05) is 67.6 Å². The Morgan fingerprint density at radius 3 is 2.45 bits per heavy atom. The molecule has 0 radical (unpaired) electrons. The van der Waals surface area contributed by atoms with Gasteiger partial charge in [0.15, 0.2) is 0 Å². The van der Waals surface area contributed by atoms with E-state index in [2.05, 4.69) is 6.07 Å². The third-order valence-electron chi connectivity index (χ3n) is 4.44. The highest BCUT2D eigenvalue weighted by atomic mass is 32.2. The van der Waals surface area contributed by atoms with Gasteiger partial charge in [-0.25, -0.2) is 4.98 Å². The van der Waals surface area contributed by atoms with E-state index in [4.69, 9.17) is 9.72 Å². The molecule has 0 saturated heterocycles. The molecule has 2 aromatic carbocycles. The summed E-state index contributed by atoms with van der Waals surface area (Å²) in [5.74, 6) is 2.66. The van der Waals surface area contributed by atoms with Crippen LogP contribution in [0.4, 0.5) is 0 Å². The number of nitriles is 1. The molecule has 1 atom stereocenters. The van der Waals surface area contributed by atoms with E-state index in [1.165, 1.54) is 11.8 Å². The van der Waals surface area contributed by atoms with E-state index < -0.39 is 10.8 Å². The van der Waals surface area contributed by atoms with E-state index in [-0.39, 0.29) is 0 Å². The van der Waals surface area contributed by atoms with Crippen LogP contribution in [0.3, 0.4) is 0 Å². The number of benzene rings is 2. The molecule has 0 amide bonds. The highest BCUT2D eigenvalue weighted by Crippen LogP contribution is 2.34. The lowest BCUT2D eigenvalue weighted by molar-refractivity contribution is 0.415. The molecular formula is C23H22N2O2S2. The fraction of sp³-hybridized carbons (Fsp3) is 0.217. The largest absolute Gasteiger partial charge is 0.497 e. The molecule has 6 heteroatoms. The van der Waals surface area contributed by atoms with E-state index in [1.54, 1.807) is 7.11 Å². The van der Waals surface area contributed by atoms with Gasteiger partial charge in [0.1, 0.15) is 16.8 Å². The first-order valence-corrected chi connectivity index (χ1v) is 11.8. The topological polar surface area (TPSA) is 63.0 Å². The van der Waals surface area contributed by atoms with Gasteiger partial charge in [0.25, 0.3) is 0 Å². The fourth-order valence-corrected chi connectivity index (χ4v) is 4.89. The third kappa shape index (κ3) is 5.26. The number of aromatic nitrogens is 1. The average Bonchev–Trinajstić information content (AvgIpc) is 2.79. The van der Waals surface area contributed by atoms with Crippen molar-refractivity contribution in [2.75, 3.05) is 24.4 Å². The van der Waals surface area contributed by atoms with Crippen molar-refractivity contribution < 1.29 is 8.95 Å². The van der Waals surface area contributed by atoms with Crippen LogP contribution in [0.25, 0.3) is 22.4 Å². The van der Waals surface area contributed by atoms with Gasteiger partial charge in [-0.15, -0.1) is 11.8 Å². The Balaban J connectivity index is 2.07. The second-order valence-electron chi connectivity index (χ2n) is 6.22. The molecule has 0 aliphatic rings. The molecular weight excluding hydrogens is 400 g/mol. The zero-order valence-corrected chi connectivity index (χ0v) is 18.1. The van der Waals surface area contributed by atoms with Crippen LogP contribution in [-0.4, -0.2) is 33.6 Å². The molecule has 4 nitrogen and oxygen atoms in total. The summed E-state index contributed by atoms with van der Waals surface area (Å²) in [6, 6.07) is 21.9. The molecule has 1 unspecified atom stereocenters. The second kappa shape index (κ2) is 10.2. The molecule has 3 rings (SSSR count). The van der Waals surface area contributed by atoms with E-state index in [9.17, 15) is 9.47 Å². The molecule has 0 spiro atoms. The number of nitrogens with zero attached hydrogens (tertiary/aromatic N) is 2. The molecule has 0 N–H and O–H groups in total. The number of rotatable bonds is 8. The quantitative estimate of drug-likeness (QED) is 0.469. The van der Waals surface area contributed by atoms with Gasteiger partial charge in [0.2, 0.25) is 0 Å². The molecule has 0 saturated carbocycles. The normalized spacial score (nSPS) is 11.6. The molecule has 148 valence electrons. The number of hydrogen-bond acceptors (Lipinski definition) is 5. The Hall–Kier alpha value is -2.62. The lowest BCUT2D eigenvalue weighted by Gasteiger charge is -2.13. The van der Waals surface area contributed by atoms with Crippen LogP contribution in [0.15, 0.2) is 65.7 Å². The maximum absolute atomic E-state index is 11.8. The van der Waals surface area contributed by atoms with Crippen LogP contribution in [0.2, 0.25) is 0 Å². The van der Waals surface area contributed by atoms with Crippen molar-refractivity contribution in [1.82, 2.24) is 4.98 Å². The van der Waals surface area contributed by atoms with Crippen LogP contribution in [0.5, 0.6) is 5.75 Å². The predicted octanol–water partition coefficient (Wildman–Crippen LogP) is 5.16. The molecule has 0 bridgehead atoms. The van der Waals surface area contributed by atoms with E-state index in [0.29, 0.717) is 27.8 Å². The van der Waals surface area contributed by atoms with Crippen molar-refractivity contribution in [2.24, 2.45) is 0 Å². The first kappa shape index (κ1) is 21.1. The standard InChI is InChI=1S/C23H22N2O2S2/c1-3-29(26)14-13-28-23-21(16-24)20(17-7-5-4-6-8-17)15-22(25-23)18-9-11-19(27-2)12-10-18/h4-12,15H,3,13-14H2,1-2H3. The summed E-state index contributed by atoms with van der Waals surface area (Å²) in [6.45, 7) is 1.91. The minimum Gasteiger partial charge on any atom is -0.497 e. The fourth-order valence-electron chi connectivity index (χ4n) is 2.86. The highest BCUT2D eigenvalue weighted by Gasteiger charge is 2.16. The maximum Gasteiger partial charge on any atom is 0.118 e. The van der Waals surface area contributed by atoms with Crippen molar-refractivity contribution in [2.45, 2.75) is 11.9 Å². The van der Waals surface area contributed by atoms with E-state index in [0.717, 1.165) is 28.1 Å². The Kier molecular flexibility index (Phi) is 7.45. The van der Waals surface area contributed by atoms with Gasteiger partial charge >= 0.3 is 0 Å². The highest BCUT2D eigenvalue weighted by molar-refractivity contribution is 8.00. The zero-order valence-electron chi connectivity index (χ0n) is 16.4. The first-order valence-electron chi connectivity index (χ1n) is 9.29. The van der Waals surface area contributed by atoms with Gasteiger partial charge in [-0.3, -0.25) is 4.21 Å². The predicted molar refractivity (Wildman–Crippen MR) is 121 cm³/mol. The van der Waals surface area contributed by atoms with Crippen LogP contribution < -0.4 is 4.74 Å². The molecule has 1 heterocycles. The minimum atomic E-state index is -0.841. The molecule has 0 aliphatic carbocycles. The van der Waals surface area contributed by atoms with E-state index >= 15 is 0 Å². The van der Waals surface area contributed by atoms with Crippen LogP contribution >= 0.6 is 11.8 Å². The zero-order chi connectivity index (χ0) is 20.6. The SMILES string of the molecule is CCS(=O)CCSc1nc(-c2ccc(OC)cc2)cc(-c2ccccc2)c1C#N. The van der Waals surface area contributed by atoms with Crippen LogP contribution in [0.1, 0.15) is 12.5 Å². The number of methoxy groups -OCH3 is 1. The van der Waals surface area contributed by atoms with Crippen molar-refractivity contribution in [1.29, 1.82) is 5.26 Å². The average molecular weight is 423 g/mol. The number of ether oxygens (including phenoxy) is 1. The summed E-state index contributed by atoms with van der Waals surface area (Å²) in [4.78, 5) is 4.78. The van der Waals surface area contributed by atoms with Crippen molar-refractivity contribution in [3.63, 3.8) is 0 Å². The monoisotopic (exact) mass is 422 g/mol. The molecule has 3 aromatic rings. The number of pyridine rings is 1. The van der Waals surface area contributed by atoms with Gasteiger partial charge in [-0.2, -0.15) is 5.26 Å². The first-order chi connectivity index (χ1) is 14.2. The van der Waals surface area contributed by atoms with Gasteiger partial charge < -0.3 is 4.74 Å². The summed E-state index contributed by atoms with van der Waals surface area (Å²) in [6.07, 6.45) is 0. The second-order valence-corrected chi connectivity index (χ2v) is 9.17. The van der Waals surface area contributed by atoms with Crippen LogP contribution in [0, 0.1) is 11.3 Å². The van der Waals surface area contributed by atoms with Crippen molar-refractivity contribution in [3.05, 3.63) is 66.2 Å². The summed E-state index contributed by atoms with van der Waals surface area (Å²) < 4.78 is 17.0. The lowest BCUT2D eigenvalue weighted by atomic mass is 9.99. The third-order valence-corrected chi connectivity index (χ3v) is 6.98. The summed E-state index contributed by atoms with van der Waals surface area (Å²) in [5, 5.41) is 10.5. The van der Waals surface area contributed by atoms with Gasteiger partial charge in [-0.1, -0.05) is 37.3 Å². The number of thioether (sulfide) groups is 1. The molecule has 0 aliphatic heterocycles. The Morgan fingerprint density at radius 2 is 1.83 bits per heavy atom.